The van der Waals surface area contributed by atoms with E-state index >= 15 is 0 Å². The Hall–Kier alpha value is -1.09. The van der Waals surface area contributed by atoms with Crippen LogP contribution in [0.15, 0.2) is 18.3 Å². The highest BCUT2D eigenvalue weighted by molar-refractivity contribution is 6.30. The maximum absolute atomic E-state index is 10.4. The molecule has 0 fully saturated rings. The Bertz CT molecular complexity index is 275. The average molecular weight is 172 g/mol. The summed E-state index contributed by atoms with van der Waals surface area (Å²) < 4.78 is 4.66. The van der Waals surface area contributed by atoms with Crippen molar-refractivity contribution in [3.05, 3.63) is 23.4 Å². The topological polar surface area (TPSA) is 39.2 Å². The summed E-state index contributed by atoms with van der Waals surface area (Å²) in [6, 6.07) is 3.08. The summed E-state index contributed by atoms with van der Waals surface area (Å²) in [5.41, 5.74) is 0. The highest BCUT2D eigenvalue weighted by Crippen LogP contribution is 2.13. The van der Waals surface area contributed by atoms with E-state index in [0.29, 0.717) is 5.02 Å². The van der Waals surface area contributed by atoms with Crippen LogP contribution in [0.5, 0.6) is 5.88 Å². The fourth-order valence-corrected chi connectivity index (χ4v) is 0.738. The molecule has 0 radical (unpaired) electrons. The van der Waals surface area contributed by atoms with Crippen LogP contribution < -0.4 is 4.74 Å². The van der Waals surface area contributed by atoms with E-state index in [0.717, 1.165) is 0 Å². The Morgan fingerprint density at radius 1 is 1.73 bits per heavy atom. The molecule has 0 aliphatic rings. The van der Waals surface area contributed by atoms with Gasteiger partial charge in [0, 0.05) is 24.2 Å². The predicted molar refractivity (Wildman–Crippen MR) is 40.6 cm³/mol. The van der Waals surface area contributed by atoms with Gasteiger partial charge in [-0.05, 0) is 6.07 Å². The van der Waals surface area contributed by atoms with E-state index < -0.39 is 5.97 Å². The molecule has 0 bridgehead atoms. The van der Waals surface area contributed by atoms with Crippen molar-refractivity contribution >= 4 is 17.6 Å². The molecule has 0 aliphatic carbocycles. The van der Waals surface area contributed by atoms with Gasteiger partial charge in [0.25, 0.3) is 0 Å². The Labute approximate surface area is 69.0 Å². The van der Waals surface area contributed by atoms with Crippen molar-refractivity contribution in [1.82, 2.24) is 4.98 Å². The van der Waals surface area contributed by atoms with Crippen LogP contribution in [0.25, 0.3) is 0 Å². The smallest absolute Gasteiger partial charge is 0.309 e. The first-order valence-corrected chi connectivity index (χ1v) is 3.36. The molecule has 0 aliphatic heterocycles. The fourth-order valence-electron chi connectivity index (χ4n) is 0.588. The molecule has 1 aromatic rings. The van der Waals surface area contributed by atoms with E-state index in [-0.39, 0.29) is 5.88 Å². The third kappa shape index (κ3) is 2.55. The number of halogens is 1. The lowest BCUT2D eigenvalue weighted by Crippen LogP contribution is -2.02. The summed E-state index contributed by atoms with van der Waals surface area (Å²) in [5, 5.41) is 0.497. The number of pyridine rings is 1. The lowest BCUT2D eigenvalue weighted by Gasteiger charge is -1.97. The number of hydrogen-bond acceptors (Lipinski definition) is 3. The molecular weight excluding hydrogens is 166 g/mol. The maximum Gasteiger partial charge on any atom is 0.309 e. The van der Waals surface area contributed by atoms with Crippen LogP contribution in [-0.2, 0) is 4.79 Å². The minimum atomic E-state index is -0.403. The van der Waals surface area contributed by atoms with Crippen molar-refractivity contribution in [2.24, 2.45) is 0 Å². The molecule has 0 aromatic carbocycles. The van der Waals surface area contributed by atoms with Crippen molar-refractivity contribution in [3.63, 3.8) is 0 Å². The fraction of sp³-hybridized carbons (Fsp3) is 0.143. The van der Waals surface area contributed by atoms with Gasteiger partial charge in [0.05, 0.1) is 0 Å². The Balaban J connectivity index is 2.79. The van der Waals surface area contributed by atoms with E-state index in [9.17, 15) is 4.79 Å². The van der Waals surface area contributed by atoms with Crippen molar-refractivity contribution in [2.45, 2.75) is 6.92 Å². The van der Waals surface area contributed by atoms with E-state index in [4.69, 9.17) is 11.6 Å². The van der Waals surface area contributed by atoms with E-state index in [2.05, 4.69) is 9.72 Å². The molecule has 0 N–H and O–H groups in total. The van der Waals surface area contributed by atoms with Gasteiger partial charge in [-0.2, -0.15) is 0 Å². The maximum atomic E-state index is 10.4. The summed E-state index contributed by atoms with van der Waals surface area (Å²) in [5.74, 6) is -0.176. The molecule has 1 heterocycles. The first-order valence-electron chi connectivity index (χ1n) is 2.98. The minimum absolute atomic E-state index is 0.227. The normalized spacial score (nSPS) is 9.27. The highest BCUT2D eigenvalue weighted by atomic mass is 35.5. The van der Waals surface area contributed by atoms with Gasteiger partial charge >= 0.3 is 5.97 Å². The number of nitrogens with zero attached hydrogens (tertiary/aromatic N) is 1. The van der Waals surface area contributed by atoms with Gasteiger partial charge in [-0.15, -0.1) is 0 Å². The standard InChI is InChI=1S/C7H6ClNO2/c1-5(10)11-7-4-6(8)2-3-9-7/h2-4H,1H3. The molecular formula is C7H6ClNO2. The van der Waals surface area contributed by atoms with E-state index in [1.54, 1.807) is 6.07 Å². The van der Waals surface area contributed by atoms with Crippen LogP contribution in [0.1, 0.15) is 6.92 Å². The number of hydrogen-bond donors (Lipinski definition) is 0. The SMILES string of the molecule is CC(=O)Oc1cc(Cl)ccn1. The number of ether oxygens (including phenoxy) is 1. The highest BCUT2D eigenvalue weighted by Gasteiger charge is 1.98. The van der Waals surface area contributed by atoms with Crippen molar-refractivity contribution < 1.29 is 9.53 Å². The molecule has 4 heteroatoms. The van der Waals surface area contributed by atoms with Gasteiger partial charge in [0.15, 0.2) is 0 Å². The van der Waals surface area contributed by atoms with E-state index in [1.165, 1.54) is 19.2 Å². The monoisotopic (exact) mass is 171 g/mol. The molecule has 0 spiro atoms. The minimum Gasteiger partial charge on any atom is -0.408 e. The Morgan fingerprint density at radius 3 is 3.00 bits per heavy atom. The third-order valence-electron chi connectivity index (χ3n) is 0.945. The lowest BCUT2D eigenvalue weighted by molar-refractivity contribution is -0.132. The van der Waals surface area contributed by atoms with Gasteiger partial charge in [-0.25, -0.2) is 4.98 Å². The molecule has 0 saturated carbocycles. The lowest BCUT2D eigenvalue weighted by atomic mass is 10.5. The summed E-state index contributed by atoms with van der Waals surface area (Å²) in [7, 11) is 0. The molecule has 3 nitrogen and oxygen atoms in total. The summed E-state index contributed by atoms with van der Waals surface area (Å²) in [6.07, 6.45) is 1.47. The molecule has 1 rings (SSSR count). The zero-order valence-electron chi connectivity index (χ0n) is 5.87. The van der Waals surface area contributed by atoms with Gasteiger partial charge in [0.2, 0.25) is 5.88 Å². The van der Waals surface area contributed by atoms with Crippen LogP contribution in [0.4, 0.5) is 0 Å². The van der Waals surface area contributed by atoms with Crippen LogP contribution in [0.2, 0.25) is 5.02 Å². The third-order valence-corrected chi connectivity index (χ3v) is 1.18. The van der Waals surface area contributed by atoms with Crippen molar-refractivity contribution in [1.29, 1.82) is 0 Å². The summed E-state index contributed by atoms with van der Waals surface area (Å²) >= 11 is 5.60. The molecule has 1 aromatic heterocycles. The zero-order chi connectivity index (χ0) is 8.27. The van der Waals surface area contributed by atoms with Crippen LogP contribution >= 0.6 is 11.6 Å². The van der Waals surface area contributed by atoms with Gasteiger partial charge in [0.1, 0.15) is 0 Å². The molecule has 58 valence electrons. The van der Waals surface area contributed by atoms with Crippen LogP contribution in [0, 0.1) is 0 Å². The van der Waals surface area contributed by atoms with Gasteiger partial charge in [-0.1, -0.05) is 11.6 Å². The largest absolute Gasteiger partial charge is 0.408 e. The molecule has 0 unspecified atom stereocenters. The van der Waals surface area contributed by atoms with Crippen molar-refractivity contribution in [2.75, 3.05) is 0 Å². The second-order valence-electron chi connectivity index (χ2n) is 1.91. The number of carbonyl (C=O) groups is 1. The number of carbonyl (C=O) groups excluding carboxylic acids is 1. The Kier molecular flexibility index (Phi) is 2.44. The second-order valence-corrected chi connectivity index (χ2v) is 2.34. The second kappa shape index (κ2) is 3.34. The first-order chi connectivity index (χ1) is 5.18. The van der Waals surface area contributed by atoms with Crippen LogP contribution in [0.3, 0.4) is 0 Å². The first kappa shape index (κ1) is 8.01. The molecule has 0 saturated heterocycles. The predicted octanol–water partition coefficient (Wildman–Crippen LogP) is 1.66. The Morgan fingerprint density at radius 2 is 2.45 bits per heavy atom. The number of rotatable bonds is 1. The number of esters is 1. The zero-order valence-corrected chi connectivity index (χ0v) is 6.63. The summed E-state index contributed by atoms with van der Waals surface area (Å²) in [4.78, 5) is 14.2. The van der Waals surface area contributed by atoms with Crippen molar-refractivity contribution in [3.8, 4) is 5.88 Å². The average Bonchev–Trinajstić information content (AvgIpc) is 1.85. The molecule has 11 heavy (non-hydrogen) atoms. The summed E-state index contributed by atoms with van der Waals surface area (Å²) in [6.45, 7) is 1.31. The quantitative estimate of drug-likeness (QED) is 0.604. The number of aromatic nitrogens is 1. The van der Waals surface area contributed by atoms with Gasteiger partial charge in [-0.3, -0.25) is 4.79 Å². The van der Waals surface area contributed by atoms with Gasteiger partial charge < -0.3 is 4.74 Å². The van der Waals surface area contributed by atoms with Crippen LogP contribution in [-0.4, -0.2) is 11.0 Å². The molecule has 0 amide bonds. The van der Waals surface area contributed by atoms with E-state index in [1.807, 2.05) is 0 Å². The molecule has 0 atom stereocenters.